The lowest BCUT2D eigenvalue weighted by molar-refractivity contribution is -0.153. The van der Waals surface area contributed by atoms with Gasteiger partial charge >= 0.3 is 5.97 Å². The molecule has 2 N–H and O–H groups in total. The lowest BCUT2D eigenvalue weighted by Crippen LogP contribution is -2.38. The Balaban J connectivity index is 2.09. The second-order valence-electron chi connectivity index (χ2n) is 6.35. The van der Waals surface area contributed by atoms with Crippen LogP contribution in [0, 0.1) is 17.3 Å². The van der Waals surface area contributed by atoms with Gasteiger partial charge in [0, 0.05) is 0 Å². The van der Waals surface area contributed by atoms with Crippen molar-refractivity contribution in [2.45, 2.75) is 58.0 Å². The molecule has 0 aliphatic heterocycles. The quantitative estimate of drug-likeness (QED) is 0.774. The monoisotopic (exact) mass is 226 g/mol. The van der Waals surface area contributed by atoms with Crippen LogP contribution in [0.25, 0.3) is 0 Å². The van der Waals surface area contributed by atoms with Gasteiger partial charge in [-0.2, -0.15) is 0 Å². The maximum atomic E-state index is 11.5. The zero-order valence-electron chi connectivity index (χ0n) is 10.2. The second kappa shape index (κ2) is 3.73. The molecule has 2 fully saturated rings. The third-order valence-electron chi connectivity index (χ3n) is 4.58. The highest BCUT2D eigenvalue weighted by Crippen LogP contribution is 2.58. The summed E-state index contributed by atoms with van der Waals surface area (Å²) in [5.74, 6) is 0.351. The lowest BCUT2D eigenvalue weighted by atomic mass is 9.69. The van der Waals surface area contributed by atoms with Gasteiger partial charge in [0.25, 0.3) is 0 Å². The fourth-order valence-electron chi connectivity index (χ4n) is 3.65. The molecule has 0 spiro atoms. The van der Waals surface area contributed by atoms with Gasteiger partial charge in [0.05, 0.1) is 11.0 Å². The number of carboxylic acids is 1. The van der Waals surface area contributed by atoms with Crippen molar-refractivity contribution in [2.75, 3.05) is 0 Å². The molecule has 0 saturated heterocycles. The topological polar surface area (TPSA) is 57.5 Å². The first-order valence-corrected chi connectivity index (χ1v) is 6.29. The summed E-state index contributed by atoms with van der Waals surface area (Å²) in [6, 6.07) is 0. The summed E-state index contributed by atoms with van der Waals surface area (Å²) in [6.45, 7) is 3.52. The van der Waals surface area contributed by atoms with Crippen molar-refractivity contribution in [3.63, 3.8) is 0 Å². The first-order chi connectivity index (χ1) is 7.33. The number of aliphatic hydroxyl groups is 1. The van der Waals surface area contributed by atoms with Crippen LogP contribution in [0.15, 0.2) is 0 Å². The van der Waals surface area contributed by atoms with Gasteiger partial charge in [0.2, 0.25) is 0 Å². The summed E-state index contributed by atoms with van der Waals surface area (Å²) in [4.78, 5) is 11.5. The van der Waals surface area contributed by atoms with E-state index in [1.165, 1.54) is 6.42 Å². The van der Waals surface area contributed by atoms with Crippen molar-refractivity contribution in [1.82, 2.24) is 0 Å². The number of carbonyl (C=O) groups is 1. The zero-order valence-corrected chi connectivity index (χ0v) is 10.2. The van der Waals surface area contributed by atoms with E-state index in [-0.39, 0.29) is 0 Å². The fourth-order valence-corrected chi connectivity index (χ4v) is 3.65. The van der Waals surface area contributed by atoms with Crippen LogP contribution in [0.1, 0.15) is 52.4 Å². The zero-order chi connectivity index (χ0) is 12.0. The molecule has 3 heteroatoms. The molecule has 0 heterocycles. The molecule has 2 aliphatic carbocycles. The molecule has 2 aliphatic rings. The Morgan fingerprint density at radius 2 is 2.12 bits per heavy atom. The van der Waals surface area contributed by atoms with Gasteiger partial charge in [0.15, 0.2) is 0 Å². The minimum absolute atomic E-state index is 0.359. The second-order valence-corrected chi connectivity index (χ2v) is 6.35. The first-order valence-electron chi connectivity index (χ1n) is 6.29. The molecule has 92 valence electrons. The van der Waals surface area contributed by atoms with Gasteiger partial charge in [-0.1, -0.05) is 6.42 Å². The number of carboxylic acid groups (broad SMARTS) is 1. The van der Waals surface area contributed by atoms with E-state index in [9.17, 15) is 15.0 Å². The first kappa shape index (κ1) is 11.9. The molecule has 3 unspecified atom stereocenters. The number of rotatable bonds is 4. The standard InChI is InChI=1S/C13H22O3/c1-12(2,16)5-6-13(11(14)15)8-9-3-4-10(13)7-9/h9-10,16H,3-8H2,1-2H3,(H,14,15). The predicted molar refractivity (Wildman–Crippen MR) is 61.0 cm³/mol. The molecular formula is C13H22O3. The van der Waals surface area contributed by atoms with Crippen LogP contribution in [0.3, 0.4) is 0 Å². The van der Waals surface area contributed by atoms with Gasteiger partial charge < -0.3 is 10.2 Å². The third-order valence-corrected chi connectivity index (χ3v) is 4.58. The SMILES string of the molecule is CC(C)(O)CCC1(C(=O)O)CC2CCC1C2. The number of hydrogen-bond donors (Lipinski definition) is 2. The average Bonchev–Trinajstić information content (AvgIpc) is 2.72. The Kier molecular flexibility index (Phi) is 2.77. The van der Waals surface area contributed by atoms with Crippen molar-refractivity contribution in [1.29, 1.82) is 0 Å². The Bertz CT molecular complexity index is 292. The van der Waals surface area contributed by atoms with E-state index in [0.29, 0.717) is 24.7 Å². The highest BCUT2D eigenvalue weighted by Gasteiger charge is 2.55. The molecule has 0 radical (unpaired) electrons. The van der Waals surface area contributed by atoms with Crippen molar-refractivity contribution in [2.24, 2.45) is 17.3 Å². The Hall–Kier alpha value is -0.570. The molecule has 0 aromatic rings. The van der Waals surface area contributed by atoms with E-state index in [0.717, 1.165) is 19.3 Å². The van der Waals surface area contributed by atoms with Crippen LogP contribution in [0.5, 0.6) is 0 Å². The maximum Gasteiger partial charge on any atom is 0.309 e. The molecule has 3 nitrogen and oxygen atoms in total. The molecule has 2 saturated carbocycles. The molecule has 0 amide bonds. The van der Waals surface area contributed by atoms with Gasteiger partial charge in [-0.05, 0) is 57.8 Å². The summed E-state index contributed by atoms with van der Waals surface area (Å²) in [5.41, 5.74) is -1.27. The Morgan fingerprint density at radius 3 is 2.50 bits per heavy atom. The van der Waals surface area contributed by atoms with Crippen LogP contribution in [0.2, 0.25) is 0 Å². The molecule has 3 atom stereocenters. The van der Waals surface area contributed by atoms with Gasteiger partial charge in [-0.15, -0.1) is 0 Å². The fraction of sp³-hybridized carbons (Fsp3) is 0.923. The van der Waals surface area contributed by atoms with Gasteiger partial charge in [0.1, 0.15) is 0 Å². The normalized spacial score (nSPS) is 37.9. The van der Waals surface area contributed by atoms with Crippen molar-refractivity contribution < 1.29 is 15.0 Å². The summed E-state index contributed by atoms with van der Waals surface area (Å²) in [6.07, 6.45) is 5.43. The number of hydrogen-bond acceptors (Lipinski definition) is 2. The van der Waals surface area contributed by atoms with Crippen molar-refractivity contribution in [3.8, 4) is 0 Å². The molecule has 2 bridgehead atoms. The minimum atomic E-state index is -0.746. The highest BCUT2D eigenvalue weighted by molar-refractivity contribution is 5.75. The molecule has 16 heavy (non-hydrogen) atoms. The number of fused-ring (bicyclic) bond motifs is 2. The van der Waals surface area contributed by atoms with Crippen molar-refractivity contribution in [3.05, 3.63) is 0 Å². The molecule has 0 aromatic heterocycles. The van der Waals surface area contributed by atoms with Crippen LogP contribution >= 0.6 is 0 Å². The van der Waals surface area contributed by atoms with Gasteiger partial charge in [-0.3, -0.25) is 4.79 Å². The van der Waals surface area contributed by atoms with Crippen LogP contribution in [-0.4, -0.2) is 21.8 Å². The largest absolute Gasteiger partial charge is 0.481 e. The van der Waals surface area contributed by atoms with E-state index in [2.05, 4.69) is 0 Å². The van der Waals surface area contributed by atoms with E-state index in [1.54, 1.807) is 13.8 Å². The Labute approximate surface area is 96.9 Å². The van der Waals surface area contributed by atoms with Crippen LogP contribution < -0.4 is 0 Å². The summed E-state index contributed by atoms with van der Waals surface area (Å²) < 4.78 is 0. The van der Waals surface area contributed by atoms with Gasteiger partial charge in [-0.25, -0.2) is 0 Å². The highest BCUT2D eigenvalue weighted by atomic mass is 16.4. The predicted octanol–water partition coefficient (Wildman–Crippen LogP) is 2.43. The number of aliphatic carboxylic acids is 1. The average molecular weight is 226 g/mol. The van der Waals surface area contributed by atoms with E-state index >= 15 is 0 Å². The van der Waals surface area contributed by atoms with E-state index in [1.807, 2.05) is 0 Å². The lowest BCUT2D eigenvalue weighted by Gasteiger charge is -2.35. The van der Waals surface area contributed by atoms with E-state index < -0.39 is 17.0 Å². The third kappa shape index (κ3) is 1.97. The summed E-state index contributed by atoms with van der Waals surface area (Å²) in [7, 11) is 0. The van der Waals surface area contributed by atoms with E-state index in [4.69, 9.17) is 0 Å². The van der Waals surface area contributed by atoms with Crippen LogP contribution in [0.4, 0.5) is 0 Å². The molecular weight excluding hydrogens is 204 g/mol. The minimum Gasteiger partial charge on any atom is -0.481 e. The van der Waals surface area contributed by atoms with Crippen molar-refractivity contribution >= 4 is 5.97 Å². The molecule has 0 aromatic carbocycles. The Morgan fingerprint density at radius 1 is 1.44 bits per heavy atom. The summed E-state index contributed by atoms with van der Waals surface area (Å²) >= 11 is 0. The smallest absolute Gasteiger partial charge is 0.309 e. The maximum absolute atomic E-state index is 11.5. The molecule has 2 rings (SSSR count). The summed E-state index contributed by atoms with van der Waals surface area (Å²) in [5, 5.41) is 19.3. The van der Waals surface area contributed by atoms with Crippen LogP contribution in [-0.2, 0) is 4.79 Å².